The monoisotopic (exact) mass is 471 g/mol. The Bertz CT molecular complexity index is 1220. The molecule has 174 valence electrons. The van der Waals surface area contributed by atoms with Crippen LogP contribution in [0.15, 0.2) is 36.4 Å². The zero-order valence-corrected chi connectivity index (χ0v) is 18.7. The van der Waals surface area contributed by atoms with Gasteiger partial charge in [0.1, 0.15) is 18.2 Å². The third-order valence-corrected chi connectivity index (χ3v) is 7.42. The topological polar surface area (TPSA) is 143 Å². The Labute approximate surface area is 191 Å². The summed E-state index contributed by atoms with van der Waals surface area (Å²) in [6, 6.07) is 5.91. The Kier molecular flexibility index (Phi) is 5.33. The van der Waals surface area contributed by atoms with Gasteiger partial charge in [-0.05, 0) is 25.0 Å². The maximum Gasteiger partial charge on any atom is 0.254 e. The highest BCUT2D eigenvalue weighted by atomic mass is 32.2. The van der Waals surface area contributed by atoms with Crippen molar-refractivity contribution in [3.63, 3.8) is 0 Å². The standard InChI is InChI=1S/C21H25N7O4S/c1-2-33(30,31)27-7-8-28-15(11-27)12-32-18-9-14(5-6-17(18)28)25-21-23-10-16(19(22)29)20(26-21)24-13-3-4-13/h2,5-6,9-10,13,15H,1,3-4,7-8,11-12H2,(H2,22,29)(H2,23,24,25,26)/t15-/m1/s1. The minimum atomic E-state index is -3.45. The van der Waals surface area contributed by atoms with Gasteiger partial charge in [-0.2, -0.15) is 9.29 Å². The summed E-state index contributed by atoms with van der Waals surface area (Å²) in [6.07, 6.45) is 3.47. The normalized spacial score (nSPS) is 20.2. The molecular formula is C21H25N7O4S. The van der Waals surface area contributed by atoms with Crippen molar-refractivity contribution in [2.45, 2.75) is 24.9 Å². The maximum absolute atomic E-state index is 12.1. The second kappa shape index (κ2) is 8.19. The first-order chi connectivity index (χ1) is 15.8. The third-order valence-electron chi connectivity index (χ3n) is 5.94. The summed E-state index contributed by atoms with van der Waals surface area (Å²) in [5.41, 5.74) is 7.33. The summed E-state index contributed by atoms with van der Waals surface area (Å²) in [4.78, 5) is 22.5. The van der Waals surface area contributed by atoms with E-state index in [2.05, 4.69) is 32.1 Å². The molecule has 11 nitrogen and oxygen atoms in total. The fraction of sp³-hybridized carbons (Fsp3) is 0.381. The first-order valence-electron chi connectivity index (χ1n) is 10.7. The first-order valence-corrected chi connectivity index (χ1v) is 12.2. The zero-order chi connectivity index (χ0) is 23.2. The summed E-state index contributed by atoms with van der Waals surface area (Å²) in [6.45, 7) is 5.09. The fourth-order valence-corrected chi connectivity index (χ4v) is 4.96. The van der Waals surface area contributed by atoms with Gasteiger partial charge in [-0.15, -0.1) is 0 Å². The second-order valence-electron chi connectivity index (χ2n) is 8.27. The number of nitrogens with zero attached hydrogens (tertiary/aromatic N) is 4. The van der Waals surface area contributed by atoms with E-state index >= 15 is 0 Å². The molecule has 0 radical (unpaired) electrons. The van der Waals surface area contributed by atoms with Crippen molar-refractivity contribution < 1.29 is 17.9 Å². The van der Waals surface area contributed by atoms with Crippen molar-refractivity contribution >= 4 is 39.1 Å². The highest BCUT2D eigenvalue weighted by Gasteiger charge is 2.36. The predicted octanol–water partition coefficient (Wildman–Crippen LogP) is 1.25. The van der Waals surface area contributed by atoms with Crippen LogP contribution in [0, 0.1) is 0 Å². The molecule has 1 saturated carbocycles. The summed E-state index contributed by atoms with van der Waals surface area (Å²) in [5.74, 6) is 0.871. The molecular weight excluding hydrogens is 446 g/mol. The number of nitrogens with two attached hydrogens (primary N) is 1. The number of hydrogen-bond acceptors (Lipinski definition) is 9. The number of primary amides is 1. The quantitative estimate of drug-likeness (QED) is 0.543. The molecule has 2 fully saturated rings. The number of sulfonamides is 1. The van der Waals surface area contributed by atoms with Crippen LogP contribution < -0.4 is 26.0 Å². The van der Waals surface area contributed by atoms with E-state index in [1.165, 1.54) is 10.5 Å². The van der Waals surface area contributed by atoms with Gasteiger partial charge in [0, 0.05) is 49.0 Å². The number of benzene rings is 1. The van der Waals surface area contributed by atoms with Gasteiger partial charge >= 0.3 is 0 Å². The second-order valence-corrected chi connectivity index (χ2v) is 10.2. The van der Waals surface area contributed by atoms with E-state index in [1.54, 1.807) is 0 Å². The summed E-state index contributed by atoms with van der Waals surface area (Å²) >= 11 is 0. The minimum absolute atomic E-state index is 0.0690. The van der Waals surface area contributed by atoms with Gasteiger partial charge in [0.25, 0.3) is 5.91 Å². The van der Waals surface area contributed by atoms with Crippen molar-refractivity contribution in [3.05, 3.63) is 41.9 Å². The molecule has 33 heavy (non-hydrogen) atoms. The molecule has 0 spiro atoms. The van der Waals surface area contributed by atoms with Crippen LogP contribution in [0.3, 0.4) is 0 Å². The average Bonchev–Trinajstić information content (AvgIpc) is 3.62. The third kappa shape index (κ3) is 4.31. The number of hydrogen-bond donors (Lipinski definition) is 3. The van der Waals surface area contributed by atoms with E-state index in [4.69, 9.17) is 10.5 Å². The molecule has 2 aromatic rings. The van der Waals surface area contributed by atoms with E-state index in [-0.39, 0.29) is 11.6 Å². The number of carbonyl (C=O) groups is 1. The maximum atomic E-state index is 12.1. The van der Waals surface area contributed by atoms with Crippen LogP contribution in [0.4, 0.5) is 23.1 Å². The molecule has 0 unspecified atom stereocenters. The number of anilines is 4. The number of fused-ring (bicyclic) bond motifs is 3. The lowest BCUT2D eigenvalue weighted by Gasteiger charge is -2.44. The molecule has 1 aromatic carbocycles. The molecule has 1 amide bonds. The van der Waals surface area contributed by atoms with Gasteiger partial charge in [0.2, 0.25) is 16.0 Å². The van der Waals surface area contributed by atoms with Crippen LogP contribution in [0.1, 0.15) is 23.2 Å². The van der Waals surface area contributed by atoms with Crippen LogP contribution in [-0.4, -0.2) is 66.9 Å². The van der Waals surface area contributed by atoms with Gasteiger partial charge < -0.3 is 26.0 Å². The van der Waals surface area contributed by atoms with Crippen LogP contribution in [0.25, 0.3) is 0 Å². The molecule has 3 heterocycles. The molecule has 1 atom stereocenters. The Balaban J connectivity index is 1.33. The van der Waals surface area contributed by atoms with Gasteiger partial charge in [-0.1, -0.05) is 6.58 Å². The van der Waals surface area contributed by atoms with Gasteiger partial charge in [0.15, 0.2) is 0 Å². The largest absolute Gasteiger partial charge is 0.489 e. The van der Waals surface area contributed by atoms with Crippen molar-refractivity contribution in [2.75, 3.05) is 41.8 Å². The van der Waals surface area contributed by atoms with Crippen molar-refractivity contribution in [2.24, 2.45) is 5.73 Å². The van der Waals surface area contributed by atoms with E-state index in [9.17, 15) is 13.2 Å². The molecule has 1 aliphatic carbocycles. The molecule has 4 N–H and O–H groups in total. The predicted molar refractivity (Wildman–Crippen MR) is 124 cm³/mol. The van der Waals surface area contributed by atoms with Gasteiger partial charge in [0.05, 0.1) is 17.3 Å². The number of ether oxygens (including phenoxy) is 1. The Morgan fingerprint density at radius 1 is 1.30 bits per heavy atom. The molecule has 0 bridgehead atoms. The summed E-state index contributed by atoms with van der Waals surface area (Å²) in [5, 5.41) is 7.35. The average molecular weight is 472 g/mol. The van der Waals surface area contributed by atoms with Crippen LogP contribution in [0.5, 0.6) is 5.75 Å². The zero-order valence-electron chi connectivity index (χ0n) is 17.9. The number of aromatic nitrogens is 2. The molecule has 1 aromatic heterocycles. The number of carbonyl (C=O) groups excluding carboxylic acids is 1. The molecule has 1 saturated heterocycles. The SMILES string of the molecule is C=CS(=O)(=O)N1CCN2c3ccc(Nc4ncc(C(N)=O)c(NC5CC5)n4)cc3OC[C@H]2C1. The molecule has 2 aliphatic heterocycles. The highest BCUT2D eigenvalue weighted by molar-refractivity contribution is 7.92. The molecule has 5 rings (SSSR count). The summed E-state index contributed by atoms with van der Waals surface area (Å²) < 4.78 is 31.7. The van der Waals surface area contributed by atoms with Crippen LogP contribution in [-0.2, 0) is 10.0 Å². The smallest absolute Gasteiger partial charge is 0.254 e. The van der Waals surface area contributed by atoms with Gasteiger partial charge in [-0.3, -0.25) is 4.79 Å². The Morgan fingerprint density at radius 3 is 2.85 bits per heavy atom. The Morgan fingerprint density at radius 2 is 2.12 bits per heavy atom. The first kappa shape index (κ1) is 21.5. The van der Waals surface area contributed by atoms with Crippen LogP contribution in [0.2, 0.25) is 0 Å². The van der Waals surface area contributed by atoms with Crippen LogP contribution >= 0.6 is 0 Å². The van der Waals surface area contributed by atoms with E-state index in [1.807, 2.05) is 18.2 Å². The Hall–Kier alpha value is -3.38. The molecule has 12 heteroatoms. The van der Waals surface area contributed by atoms with Crippen molar-refractivity contribution in [1.82, 2.24) is 14.3 Å². The summed E-state index contributed by atoms with van der Waals surface area (Å²) in [7, 11) is -3.45. The van der Waals surface area contributed by atoms with E-state index < -0.39 is 15.9 Å². The fourth-order valence-electron chi connectivity index (χ4n) is 4.04. The number of nitrogens with one attached hydrogen (secondary N) is 2. The number of rotatable bonds is 7. The minimum Gasteiger partial charge on any atom is -0.489 e. The highest BCUT2D eigenvalue weighted by Crippen LogP contribution is 2.38. The van der Waals surface area contributed by atoms with Crippen molar-refractivity contribution in [3.8, 4) is 5.75 Å². The lowest BCUT2D eigenvalue weighted by atomic mass is 10.1. The lowest BCUT2D eigenvalue weighted by molar-refractivity contribution is 0.100. The number of piperazine rings is 1. The lowest BCUT2D eigenvalue weighted by Crippen LogP contribution is -2.58. The number of amides is 1. The molecule has 3 aliphatic rings. The van der Waals surface area contributed by atoms with E-state index in [0.29, 0.717) is 49.8 Å². The van der Waals surface area contributed by atoms with E-state index in [0.717, 1.165) is 29.6 Å². The van der Waals surface area contributed by atoms with Crippen molar-refractivity contribution in [1.29, 1.82) is 0 Å². The van der Waals surface area contributed by atoms with Gasteiger partial charge in [-0.25, -0.2) is 13.4 Å².